The molecule has 0 N–H and O–H groups in total. The highest BCUT2D eigenvalue weighted by Crippen LogP contribution is 2.04. The van der Waals surface area contributed by atoms with Crippen molar-refractivity contribution < 1.29 is 4.74 Å². The molecular formula is C15H23NO. The van der Waals surface area contributed by atoms with Crippen LogP contribution in [0.4, 0.5) is 0 Å². The summed E-state index contributed by atoms with van der Waals surface area (Å²) >= 11 is 0. The Balaban J connectivity index is 2.17. The minimum absolute atomic E-state index is 0.468. The Kier molecular flexibility index (Phi) is 7.12. The zero-order chi connectivity index (χ0) is 12.3. The molecule has 0 amide bonds. The van der Waals surface area contributed by atoms with E-state index >= 15 is 0 Å². The topological polar surface area (TPSA) is 26.1 Å². The molecule has 0 spiro atoms. The second kappa shape index (κ2) is 8.80. The Bertz CT molecular complexity index is 319. The monoisotopic (exact) mass is 233 g/mol. The van der Waals surface area contributed by atoms with E-state index in [4.69, 9.17) is 0 Å². The molecule has 0 aliphatic carbocycles. The molecule has 1 rings (SSSR count). The van der Waals surface area contributed by atoms with Crippen LogP contribution in [0.1, 0.15) is 51.0 Å². The fourth-order valence-corrected chi connectivity index (χ4v) is 1.81. The number of rotatable bonds is 8. The van der Waals surface area contributed by atoms with E-state index in [0.29, 0.717) is 6.54 Å². The summed E-state index contributed by atoms with van der Waals surface area (Å²) in [5.74, 6) is 0. The third-order valence-electron chi connectivity index (χ3n) is 2.82. The molecule has 0 unspecified atom stereocenters. The number of benzene rings is 1. The van der Waals surface area contributed by atoms with Gasteiger partial charge < -0.3 is 5.21 Å². The van der Waals surface area contributed by atoms with Crippen LogP contribution < -0.4 is 0 Å². The minimum atomic E-state index is 0.468. The van der Waals surface area contributed by atoms with E-state index in [9.17, 15) is 5.21 Å². The van der Waals surface area contributed by atoms with E-state index in [1.54, 1.807) is 6.21 Å². The molecule has 0 atom stereocenters. The van der Waals surface area contributed by atoms with Crippen LogP contribution in [0, 0.1) is 5.21 Å². The van der Waals surface area contributed by atoms with Crippen LogP contribution in [0.15, 0.2) is 30.3 Å². The molecule has 0 fully saturated rings. The van der Waals surface area contributed by atoms with Gasteiger partial charge in [-0.05, 0) is 6.42 Å². The molecule has 1 aromatic carbocycles. The van der Waals surface area contributed by atoms with Gasteiger partial charge in [0.15, 0.2) is 12.8 Å². The fraction of sp³-hybridized carbons (Fsp3) is 0.533. The summed E-state index contributed by atoms with van der Waals surface area (Å²) in [5.41, 5.74) is 1.07. The predicted octanol–water partition coefficient (Wildman–Crippen LogP) is 4.13. The maximum absolute atomic E-state index is 11.6. The van der Waals surface area contributed by atoms with Gasteiger partial charge in [0.2, 0.25) is 0 Å². The van der Waals surface area contributed by atoms with E-state index in [0.717, 1.165) is 23.1 Å². The predicted molar refractivity (Wildman–Crippen MR) is 73.2 cm³/mol. The van der Waals surface area contributed by atoms with Crippen molar-refractivity contribution in [2.24, 2.45) is 0 Å². The maximum atomic E-state index is 11.6. The minimum Gasteiger partial charge on any atom is -0.624 e. The first-order valence-electron chi connectivity index (χ1n) is 6.64. The van der Waals surface area contributed by atoms with E-state index in [1.807, 2.05) is 30.3 Å². The lowest BCUT2D eigenvalue weighted by molar-refractivity contribution is -0.471. The van der Waals surface area contributed by atoms with Gasteiger partial charge in [-0.2, -0.15) is 0 Å². The summed E-state index contributed by atoms with van der Waals surface area (Å²) in [6, 6.07) is 9.87. The average molecular weight is 233 g/mol. The molecule has 0 heterocycles. The number of nitrogens with zero attached hydrogens (tertiary/aromatic N) is 1. The highest BCUT2D eigenvalue weighted by molar-refractivity contribution is 5.51. The normalized spacial score (nSPS) is 11.7. The second-order valence-electron chi connectivity index (χ2n) is 4.45. The molecular weight excluding hydrogens is 210 g/mol. The molecule has 2 nitrogen and oxygen atoms in total. The summed E-state index contributed by atoms with van der Waals surface area (Å²) in [4.78, 5) is 0. The standard InChI is InChI=1S/C15H23NO/c1-2-3-4-5-6-10-13-16(17)14-15-11-8-7-9-12-15/h7-9,11-13H,2-6,10,14H2,1H3/b16-13-. The maximum Gasteiger partial charge on any atom is 0.178 e. The molecule has 0 aromatic heterocycles. The molecule has 0 aliphatic rings. The number of hydroxylamine groups is 1. The summed E-state index contributed by atoms with van der Waals surface area (Å²) in [5, 5.41) is 11.6. The van der Waals surface area contributed by atoms with Crippen LogP contribution >= 0.6 is 0 Å². The molecule has 0 aliphatic heterocycles. The third-order valence-corrected chi connectivity index (χ3v) is 2.82. The van der Waals surface area contributed by atoms with Crippen LogP contribution in [0.5, 0.6) is 0 Å². The summed E-state index contributed by atoms with van der Waals surface area (Å²) in [6.45, 7) is 2.68. The summed E-state index contributed by atoms with van der Waals surface area (Å²) in [7, 11) is 0. The lowest BCUT2D eigenvalue weighted by Gasteiger charge is -2.04. The molecule has 0 saturated carbocycles. The van der Waals surface area contributed by atoms with Gasteiger partial charge in [0.05, 0.1) is 0 Å². The highest BCUT2D eigenvalue weighted by Gasteiger charge is 1.96. The van der Waals surface area contributed by atoms with Crippen LogP contribution in [-0.2, 0) is 6.54 Å². The van der Waals surface area contributed by atoms with Gasteiger partial charge in [-0.15, -0.1) is 0 Å². The number of hydrogen-bond acceptors (Lipinski definition) is 1. The van der Waals surface area contributed by atoms with Gasteiger partial charge in [0, 0.05) is 12.0 Å². The van der Waals surface area contributed by atoms with Gasteiger partial charge in [0.25, 0.3) is 0 Å². The number of unbranched alkanes of at least 4 members (excludes halogenated alkanes) is 5. The fourth-order valence-electron chi connectivity index (χ4n) is 1.81. The Hall–Kier alpha value is -1.31. The molecule has 0 saturated heterocycles. The zero-order valence-electron chi connectivity index (χ0n) is 10.8. The Morgan fingerprint density at radius 1 is 1.06 bits per heavy atom. The molecule has 17 heavy (non-hydrogen) atoms. The highest BCUT2D eigenvalue weighted by atomic mass is 16.5. The van der Waals surface area contributed by atoms with Crippen LogP contribution in [0.25, 0.3) is 0 Å². The van der Waals surface area contributed by atoms with E-state index < -0.39 is 0 Å². The van der Waals surface area contributed by atoms with Crippen molar-refractivity contribution in [2.45, 2.75) is 52.0 Å². The van der Waals surface area contributed by atoms with Gasteiger partial charge in [-0.25, -0.2) is 4.74 Å². The van der Waals surface area contributed by atoms with Crippen LogP contribution in [0.3, 0.4) is 0 Å². The molecule has 0 bridgehead atoms. The smallest absolute Gasteiger partial charge is 0.178 e. The quantitative estimate of drug-likeness (QED) is 0.218. The molecule has 0 radical (unpaired) electrons. The zero-order valence-corrected chi connectivity index (χ0v) is 10.8. The summed E-state index contributed by atoms with van der Waals surface area (Å²) in [6.07, 6.45) is 8.93. The first kappa shape index (κ1) is 13.8. The SMILES string of the molecule is CCCCCCC/C=[N+](\[O-])Cc1ccccc1. The van der Waals surface area contributed by atoms with Gasteiger partial charge in [0.1, 0.15) is 0 Å². The van der Waals surface area contributed by atoms with E-state index in [-0.39, 0.29) is 0 Å². The van der Waals surface area contributed by atoms with Crippen molar-refractivity contribution in [3.05, 3.63) is 41.1 Å². The lowest BCUT2D eigenvalue weighted by atomic mass is 10.1. The first-order chi connectivity index (χ1) is 8.33. The Morgan fingerprint density at radius 2 is 1.76 bits per heavy atom. The van der Waals surface area contributed by atoms with Crippen molar-refractivity contribution in [3.8, 4) is 0 Å². The van der Waals surface area contributed by atoms with Gasteiger partial charge in [-0.3, -0.25) is 0 Å². The first-order valence-corrected chi connectivity index (χ1v) is 6.64. The van der Waals surface area contributed by atoms with Gasteiger partial charge >= 0.3 is 0 Å². The molecule has 94 valence electrons. The molecule has 1 aromatic rings. The Morgan fingerprint density at radius 3 is 2.47 bits per heavy atom. The van der Waals surface area contributed by atoms with Crippen LogP contribution in [0.2, 0.25) is 0 Å². The van der Waals surface area contributed by atoms with Gasteiger partial charge in [-0.1, -0.05) is 62.9 Å². The Labute approximate surface area is 105 Å². The van der Waals surface area contributed by atoms with Crippen molar-refractivity contribution in [3.63, 3.8) is 0 Å². The molecule has 2 heteroatoms. The number of hydrogen-bond donors (Lipinski definition) is 0. The average Bonchev–Trinajstić information content (AvgIpc) is 2.35. The van der Waals surface area contributed by atoms with E-state index in [2.05, 4.69) is 6.92 Å². The lowest BCUT2D eigenvalue weighted by Crippen LogP contribution is -2.04. The van der Waals surface area contributed by atoms with Crippen molar-refractivity contribution in [2.75, 3.05) is 0 Å². The van der Waals surface area contributed by atoms with Crippen molar-refractivity contribution >= 4 is 6.21 Å². The third kappa shape index (κ3) is 6.77. The second-order valence-corrected chi connectivity index (χ2v) is 4.45. The van der Waals surface area contributed by atoms with Crippen molar-refractivity contribution in [1.29, 1.82) is 0 Å². The largest absolute Gasteiger partial charge is 0.624 e. The van der Waals surface area contributed by atoms with Crippen molar-refractivity contribution in [1.82, 2.24) is 0 Å². The van der Waals surface area contributed by atoms with Crippen LogP contribution in [-0.4, -0.2) is 11.0 Å². The van der Waals surface area contributed by atoms with E-state index in [1.165, 1.54) is 25.7 Å². The summed E-state index contributed by atoms with van der Waals surface area (Å²) < 4.78 is 1.05.